The second-order valence-electron chi connectivity index (χ2n) is 4.70. The van der Waals surface area contributed by atoms with Crippen molar-refractivity contribution in [2.45, 2.75) is 19.8 Å². The number of esters is 1. The van der Waals surface area contributed by atoms with Crippen molar-refractivity contribution in [1.29, 1.82) is 0 Å². The average molecular weight is 295 g/mol. The maximum atomic E-state index is 13.0. The molecule has 1 aromatic heterocycles. The van der Waals surface area contributed by atoms with Crippen LogP contribution in [0, 0.1) is 5.82 Å². The summed E-state index contributed by atoms with van der Waals surface area (Å²) in [5.74, 6) is -0.777. The zero-order valence-electron chi connectivity index (χ0n) is 11.9. The molecule has 2 rings (SSSR count). The molecule has 6 nitrogen and oxygen atoms in total. The van der Waals surface area contributed by atoms with E-state index in [2.05, 4.69) is 4.98 Å². The van der Waals surface area contributed by atoms with Gasteiger partial charge in [-0.2, -0.15) is 0 Å². The summed E-state index contributed by atoms with van der Waals surface area (Å²) in [6.45, 7) is 3.00. The third-order valence-corrected chi connectivity index (χ3v) is 3.19. The fraction of sp³-hybridized carbons (Fsp3) is 0.500. The molecule has 2 heterocycles. The summed E-state index contributed by atoms with van der Waals surface area (Å²) in [7, 11) is 0. The zero-order valence-corrected chi connectivity index (χ0v) is 11.9. The van der Waals surface area contributed by atoms with Gasteiger partial charge in [0, 0.05) is 13.1 Å². The Hall–Kier alpha value is -2.18. The van der Waals surface area contributed by atoms with Crippen molar-refractivity contribution in [2.75, 3.05) is 31.1 Å². The van der Waals surface area contributed by atoms with E-state index in [1.165, 1.54) is 17.0 Å². The highest BCUT2D eigenvalue weighted by Gasteiger charge is 2.27. The minimum absolute atomic E-state index is 0.234. The van der Waals surface area contributed by atoms with Gasteiger partial charge in [-0.1, -0.05) is 0 Å². The van der Waals surface area contributed by atoms with E-state index < -0.39 is 11.8 Å². The van der Waals surface area contributed by atoms with E-state index in [1.54, 1.807) is 11.8 Å². The fourth-order valence-electron chi connectivity index (χ4n) is 2.19. The first-order valence-corrected chi connectivity index (χ1v) is 6.95. The topological polar surface area (TPSA) is 62.7 Å². The quantitative estimate of drug-likeness (QED) is 0.795. The Morgan fingerprint density at radius 3 is 2.67 bits per heavy atom. The number of carbonyl (C=O) groups is 2. The van der Waals surface area contributed by atoms with E-state index >= 15 is 0 Å². The molecule has 1 aliphatic heterocycles. The van der Waals surface area contributed by atoms with Crippen LogP contribution in [0.15, 0.2) is 18.3 Å². The highest BCUT2D eigenvalue weighted by atomic mass is 19.1. The maximum absolute atomic E-state index is 13.0. The third kappa shape index (κ3) is 3.90. The molecule has 0 bridgehead atoms. The normalized spacial score (nSPS) is 14.1. The summed E-state index contributed by atoms with van der Waals surface area (Å²) < 4.78 is 17.8. The Kier molecular flexibility index (Phi) is 5.08. The second kappa shape index (κ2) is 7.01. The molecule has 0 aliphatic carbocycles. The molecule has 114 valence electrons. The van der Waals surface area contributed by atoms with E-state index in [9.17, 15) is 14.0 Å². The SMILES string of the molecule is CCOC(=O)CN(C(=O)N1CCCC1)c1ccc(F)cn1. The van der Waals surface area contributed by atoms with Crippen molar-refractivity contribution in [3.63, 3.8) is 0 Å². The van der Waals surface area contributed by atoms with Gasteiger partial charge >= 0.3 is 12.0 Å². The number of ether oxygens (including phenoxy) is 1. The predicted molar refractivity (Wildman–Crippen MR) is 74.4 cm³/mol. The van der Waals surface area contributed by atoms with Gasteiger partial charge in [0.2, 0.25) is 0 Å². The van der Waals surface area contributed by atoms with E-state index in [0.29, 0.717) is 13.1 Å². The number of anilines is 1. The first-order valence-electron chi connectivity index (χ1n) is 6.95. The molecule has 7 heteroatoms. The Balaban J connectivity index is 2.18. The number of nitrogens with zero attached hydrogens (tertiary/aromatic N) is 3. The highest BCUT2D eigenvalue weighted by Crippen LogP contribution is 2.17. The summed E-state index contributed by atoms with van der Waals surface area (Å²) in [5, 5.41) is 0. The van der Waals surface area contributed by atoms with E-state index in [1.807, 2.05) is 0 Å². The summed E-state index contributed by atoms with van der Waals surface area (Å²) in [5.41, 5.74) is 0. The lowest BCUT2D eigenvalue weighted by Crippen LogP contribution is -2.45. The third-order valence-electron chi connectivity index (χ3n) is 3.19. The molecular weight excluding hydrogens is 277 g/mol. The molecule has 0 aromatic carbocycles. The standard InChI is InChI=1S/C14H18FN3O3/c1-2-21-13(19)10-18(12-6-5-11(15)9-16-12)14(20)17-7-3-4-8-17/h5-6,9H,2-4,7-8,10H2,1H3. The van der Waals surface area contributed by atoms with Crippen molar-refractivity contribution in [3.05, 3.63) is 24.1 Å². The summed E-state index contributed by atoms with van der Waals surface area (Å²) in [4.78, 5) is 30.9. The smallest absolute Gasteiger partial charge is 0.326 e. The molecule has 1 aromatic rings. The maximum Gasteiger partial charge on any atom is 0.326 e. The van der Waals surface area contributed by atoms with Gasteiger partial charge in [-0.05, 0) is 31.9 Å². The van der Waals surface area contributed by atoms with Gasteiger partial charge in [0.15, 0.2) is 0 Å². The molecule has 21 heavy (non-hydrogen) atoms. The number of likely N-dealkylation sites (tertiary alicyclic amines) is 1. The number of urea groups is 1. The lowest BCUT2D eigenvalue weighted by molar-refractivity contribution is -0.141. The Bertz CT molecular complexity index is 501. The number of carbonyl (C=O) groups excluding carboxylic acids is 2. The lowest BCUT2D eigenvalue weighted by atomic mass is 10.4. The van der Waals surface area contributed by atoms with Crippen LogP contribution >= 0.6 is 0 Å². The summed E-state index contributed by atoms with van der Waals surface area (Å²) >= 11 is 0. The van der Waals surface area contributed by atoms with Crippen LogP contribution in [0.1, 0.15) is 19.8 Å². The largest absolute Gasteiger partial charge is 0.465 e. The van der Waals surface area contributed by atoms with E-state index in [4.69, 9.17) is 4.74 Å². The first-order chi connectivity index (χ1) is 10.1. The molecule has 2 amide bonds. The van der Waals surface area contributed by atoms with Gasteiger partial charge in [-0.3, -0.25) is 9.69 Å². The van der Waals surface area contributed by atoms with Crippen LogP contribution in [-0.2, 0) is 9.53 Å². The number of aromatic nitrogens is 1. The molecule has 1 aliphatic rings. The molecule has 0 saturated carbocycles. The average Bonchev–Trinajstić information content (AvgIpc) is 3.00. The molecule has 1 fully saturated rings. The minimum Gasteiger partial charge on any atom is -0.465 e. The van der Waals surface area contributed by atoms with Crippen LogP contribution in [0.2, 0.25) is 0 Å². The van der Waals surface area contributed by atoms with E-state index in [-0.39, 0.29) is 25.0 Å². The van der Waals surface area contributed by atoms with Crippen LogP contribution in [0.3, 0.4) is 0 Å². The molecule has 0 atom stereocenters. The molecule has 1 saturated heterocycles. The van der Waals surface area contributed by atoms with Crippen LogP contribution in [-0.4, -0.2) is 48.1 Å². The summed E-state index contributed by atoms with van der Waals surface area (Å²) in [6, 6.07) is 2.28. The van der Waals surface area contributed by atoms with Crippen molar-refractivity contribution in [2.24, 2.45) is 0 Å². The number of hydrogen-bond acceptors (Lipinski definition) is 4. The first kappa shape index (κ1) is 15.2. The van der Waals surface area contributed by atoms with Gasteiger partial charge < -0.3 is 9.64 Å². The van der Waals surface area contributed by atoms with Crippen molar-refractivity contribution in [1.82, 2.24) is 9.88 Å². The van der Waals surface area contributed by atoms with Crippen LogP contribution in [0.4, 0.5) is 15.0 Å². The monoisotopic (exact) mass is 295 g/mol. The highest BCUT2D eigenvalue weighted by molar-refractivity contribution is 5.95. The molecule has 0 spiro atoms. The van der Waals surface area contributed by atoms with Crippen molar-refractivity contribution < 1.29 is 18.7 Å². The second-order valence-corrected chi connectivity index (χ2v) is 4.70. The van der Waals surface area contributed by atoms with Crippen molar-refractivity contribution >= 4 is 17.8 Å². The van der Waals surface area contributed by atoms with Crippen LogP contribution in [0.25, 0.3) is 0 Å². The Morgan fingerprint density at radius 2 is 2.10 bits per heavy atom. The van der Waals surface area contributed by atoms with Gasteiger partial charge in [0.25, 0.3) is 0 Å². The minimum atomic E-state index is -0.517. The number of rotatable bonds is 4. The predicted octanol–water partition coefficient (Wildman–Crippen LogP) is 1.81. The van der Waals surface area contributed by atoms with Crippen LogP contribution < -0.4 is 4.90 Å². The molecule has 0 unspecified atom stereocenters. The van der Waals surface area contributed by atoms with Gasteiger partial charge in [-0.15, -0.1) is 0 Å². The van der Waals surface area contributed by atoms with E-state index in [0.717, 1.165) is 19.0 Å². The summed E-state index contributed by atoms with van der Waals surface area (Å²) in [6.07, 6.45) is 2.90. The Labute approximate surface area is 122 Å². The number of hydrogen-bond donors (Lipinski definition) is 0. The number of amides is 2. The fourth-order valence-corrected chi connectivity index (χ4v) is 2.19. The number of pyridine rings is 1. The van der Waals surface area contributed by atoms with Gasteiger partial charge in [0.1, 0.15) is 18.2 Å². The van der Waals surface area contributed by atoms with Gasteiger partial charge in [-0.25, -0.2) is 14.2 Å². The molecule has 0 N–H and O–H groups in total. The molecule has 0 radical (unpaired) electrons. The Morgan fingerprint density at radius 1 is 1.38 bits per heavy atom. The van der Waals surface area contributed by atoms with Crippen LogP contribution in [0.5, 0.6) is 0 Å². The van der Waals surface area contributed by atoms with Crippen molar-refractivity contribution in [3.8, 4) is 0 Å². The lowest BCUT2D eigenvalue weighted by Gasteiger charge is -2.26. The molecular formula is C14H18FN3O3. The van der Waals surface area contributed by atoms with Gasteiger partial charge in [0.05, 0.1) is 12.8 Å². The zero-order chi connectivity index (χ0) is 15.2. The number of halogens is 1.